The highest BCUT2D eigenvalue weighted by Crippen LogP contribution is 2.49. The first-order valence-corrected chi connectivity index (χ1v) is 9.23. The summed E-state index contributed by atoms with van der Waals surface area (Å²) in [4.78, 5) is 27.2. The zero-order valence-corrected chi connectivity index (χ0v) is 15.0. The van der Waals surface area contributed by atoms with Crippen LogP contribution in [0, 0.1) is 11.3 Å². The Balaban J connectivity index is 1.59. The highest BCUT2D eigenvalue weighted by Gasteiger charge is 2.51. The van der Waals surface area contributed by atoms with Gasteiger partial charge in [0, 0.05) is 38.1 Å². The highest BCUT2D eigenvalue weighted by molar-refractivity contribution is 5.81. The zero-order valence-electron chi connectivity index (χ0n) is 15.0. The molecule has 136 valence electrons. The molecule has 2 aliphatic rings. The fraction of sp³-hybridized carbons (Fsp3) is 0.600. The summed E-state index contributed by atoms with van der Waals surface area (Å²) in [5.41, 5.74) is 1.03. The Bertz CT molecular complexity index is 604. The van der Waals surface area contributed by atoms with Gasteiger partial charge in [0.25, 0.3) is 0 Å². The number of rotatable bonds is 6. The number of methoxy groups -OCH3 is 1. The van der Waals surface area contributed by atoms with Crippen LogP contribution in [0.4, 0.5) is 0 Å². The SMILES string of the molecule is COCCNC(=O)[C@H]1CCC[C@]12CCN(C(=O)Cc1ccccc1)C2. The van der Waals surface area contributed by atoms with E-state index >= 15 is 0 Å². The monoisotopic (exact) mass is 344 g/mol. The fourth-order valence-corrected chi connectivity index (χ4v) is 4.43. The Kier molecular flexibility index (Phi) is 5.74. The summed E-state index contributed by atoms with van der Waals surface area (Å²) in [7, 11) is 1.64. The van der Waals surface area contributed by atoms with Crippen LogP contribution in [0.2, 0.25) is 0 Å². The van der Waals surface area contributed by atoms with Crippen molar-refractivity contribution in [1.29, 1.82) is 0 Å². The molecule has 1 aliphatic carbocycles. The lowest BCUT2D eigenvalue weighted by molar-refractivity contribution is -0.132. The first kappa shape index (κ1) is 17.9. The largest absolute Gasteiger partial charge is 0.383 e. The average molecular weight is 344 g/mol. The maximum Gasteiger partial charge on any atom is 0.227 e. The van der Waals surface area contributed by atoms with Crippen LogP contribution in [0.15, 0.2) is 30.3 Å². The summed E-state index contributed by atoms with van der Waals surface area (Å²) in [5, 5.41) is 2.99. The van der Waals surface area contributed by atoms with E-state index in [0.717, 1.165) is 44.3 Å². The lowest BCUT2D eigenvalue weighted by atomic mass is 9.76. The van der Waals surface area contributed by atoms with Gasteiger partial charge in [0.05, 0.1) is 13.0 Å². The van der Waals surface area contributed by atoms with Gasteiger partial charge >= 0.3 is 0 Å². The van der Waals surface area contributed by atoms with Gasteiger partial charge in [-0.05, 0) is 24.8 Å². The van der Waals surface area contributed by atoms with E-state index in [4.69, 9.17) is 4.74 Å². The van der Waals surface area contributed by atoms with Crippen molar-refractivity contribution in [2.75, 3.05) is 33.4 Å². The lowest BCUT2D eigenvalue weighted by Gasteiger charge is -2.30. The van der Waals surface area contributed by atoms with Crippen LogP contribution in [-0.2, 0) is 20.7 Å². The van der Waals surface area contributed by atoms with Gasteiger partial charge in [0.2, 0.25) is 11.8 Å². The first-order valence-electron chi connectivity index (χ1n) is 9.23. The minimum absolute atomic E-state index is 0.0243. The minimum Gasteiger partial charge on any atom is -0.383 e. The maximum absolute atomic E-state index is 12.7. The van der Waals surface area contributed by atoms with E-state index in [1.165, 1.54) is 0 Å². The molecule has 2 amide bonds. The predicted molar refractivity (Wildman–Crippen MR) is 96.0 cm³/mol. The number of hydrogen-bond donors (Lipinski definition) is 1. The molecule has 2 fully saturated rings. The summed E-state index contributed by atoms with van der Waals surface area (Å²) in [6, 6.07) is 9.87. The number of carbonyl (C=O) groups is 2. The number of nitrogens with one attached hydrogen (secondary N) is 1. The second-order valence-corrected chi connectivity index (χ2v) is 7.32. The molecular weight excluding hydrogens is 316 g/mol. The molecule has 1 heterocycles. The summed E-state index contributed by atoms with van der Waals surface area (Å²) in [6.45, 7) is 2.58. The number of nitrogens with zero attached hydrogens (tertiary/aromatic N) is 1. The normalized spacial score (nSPS) is 25.5. The Hall–Kier alpha value is -1.88. The van der Waals surface area contributed by atoms with Gasteiger partial charge in [-0.3, -0.25) is 9.59 Å². The van der Waals surface area contributed by atoms with E-state index in [-0.39, 0.29) is 23.1 Å². The van der Waals surface area contributed by atoms with Gasteiger partial charge < -0.3 is 15.0 Å². The molecule has 2 atom stereocenters. The van der Waals surface area contributed by atoms with Crippen LogP contribution >= 0.6 is 0 Å². The third-order valence-corrected chi connectivity index (χ3v) is 5.76. The number of amides is 2. The van der Waals surface area contributed by atoms with Crippen molar-refractivity contribution in [3.05, 3.63) is 35.9 Å². The van der Waals surface area contributed by atoms with Crippen LogP contribution in [0.5, 0.6) is 0 Å². The van der Waals surface area contributed by atoms with Gasteiger partial charge in [-0.2, -0.15) is 0 Å². The Morgan fingerprint density at radius 3 is 2.84 bits per heavy atom. The topological polar surface area (TPSA) is 58.6 Å². The molecule has 1 spiro atoms. The van der Waals surface area contributed by atoms with E-state index in [0.29, 0.717) is 19.6 Å². The molecule has 0 unspecified atom stereocenters. The molecule has 25 heavy (non-hydrogen) atoms. The Labute approximate surface area is 149 Å². The van der Waals surface area contributed by atoms with Gasteiger partial charge in [0.1, 0.15) is 0 Å². The molecule has 0 aromatic heterocycles. The summed E-state index contributed by atoms with van der Waals surface area (Å²) < 4.78 is 5.01. The van der Waals surface area contributed by atoms with Crippen molar-refractivity contribution in [1.82, 2.24) is 10.2 Å². The Morgan fingerprint density at radius 2 is 2.08 bits per heavy atom. The molecular formula is C20H28N2O3. The van der Waals surface area contributed by atoms with Crippen molar-refractivity contribution >= 4 is 11.8 Å². The number of likely N-dealkylation sites (tertiary alicyclic amines) is 1. The second kappa shape index (κ2) is 8.00. The fourth-order valence-electron chi connectivity index (χ4n) is 4.43. The standard InChI is InChI=1S/C20H28N2O3/c1-25-13-11-21-19(24)17-8-5-9-20(17)10-12-22(15-20)18(23)14-16-6-3-2-4-7-16/h2-4,6-7,17H,5,8-15H2,1H3,(H,21,24)/t17-,20-/m1/s1. The highest BCUT2D eigenvalue weighted by atomic mass is 16.5. The predicted octanol–water partition coefficient (Wildman–Crippen LogP) is 2.01. The molecule has 1 saturated carbocycles. The summed E-state index contributed by atoms with van der Waals surface area (Å²) in [5.74, 6) is 0.333. The molecule has 3 rings (SSSR count). The average Bonchev–Trinajstić information content (AvgIpc) is 3.23. The molecule has 5 nitrogen and oxygen atoms in total. The second-order valence-electron chi connectivity index (χ2n) is 7.32. The van der Waals surface area contributed by atoms with Gasteiger partial charge in [-0.25, -0.2) is 0 Å². The van der Waals surface area contributed by atoms with Crippen molar-refractivity contribution in [3.8, 4) is 0 Å². The van der Waals surface area contributed by atoms with Gasteiger partial charge in [-0.15, -0.1) is 0 Å². The smallest absolute Gasteiger partial charge is 0.227 e. The molecule has 5 heteroatoms. The van der Waals surface area contributed by atoms with Crippen LogP contribution < -0.4 is 5.32 Å². The number of ether oxygens (including phenoxy) is 1. The molecule has 1 saturated heterocycles. The summed E-state index contributed by atoms with van der Waals surface area (Å²) in [6.07, 6.45) is 4.44. The first-order chi connectivity index (χ1) is 12.1. The number of benzene rings is 1. The van der Waals surface area contributed by atoms with Crippen molar-refractivity contribution in [3.63, 3.8) is 0 Å². The minimum atomic E-state index is -0.0243. The van der Waals surface area contributed by atoms with Crippen LogP contribution in [0.3, 0.4) is 0 Å². The number of hydrogen-bond acceptors (Lipinski definition) is 3. The molecule has 1 aromatic rings. The lowest BCUT2D eigenvalue weighted by Crippen LogP contribution is -2.42. The van der Waals surface area contributed by atoms with Crippen LogP contribution in [0.25, 0.3) is 0 Å². The Morgan fingerprint density at radius 1 is 1.28 bits per heavy atom. The van der Waals surface area contributed by atoms with Crippen molar-refractivity contribution in [2.45, 2.75) is 32.1 Å². The molecule has 0 bridgehead atoms. The third kappa shape index (κ3) is 4.03. The van der Waals surface area contributed by atoms with E-state index in [9.17, 15) is 9.59 Å². The molecule has 1 aliphatic heterocycles. The maximum atomic E-state index is 12.7. The van der Waals surface area contributed by atoms with E-state index in [2.05, 4.69) is 5.32 Å². The zero-order chi connectivity index (χ0) is 17.7. The molecule has 1 N–H and O–H groups in total. The van der Waals surface area contributed by atoms with Gasteiger partial charge in [-0.1, -0.05) is 36.8 Å². The van der Waals surface area contributed by atoms with Crippen molar-refractivity contribution < 1.29 is 14.3 Å². The molecule has 1 aromatic carbocycles. The quantitative estimate of drug-likeness (QED) is 0.803. The summed E-state index contributed by atoms with van der Waals surface area (Å²) >= 11 is 0. The van der Waals surface area contributed by atoms with Crippen LogP contribution in [0.1, 0.15) is 31.2 Å². The number of carbonyl (C=O) groups excluding carboxylic acids is 2. The van der Waals surface area contributed by atoms with Crippen LogP contribution in [-0.4, -0.2) is 50.1 Å². The molecule has 0 radical (unpaired) electrons. The van der Waals surface area contributed by atoms with Crippen molar-refractivity contribution in [2.24, 2.45) is 11.3 Å². The van der Waals surface area contributed by atoms with Gasteiger partial charge in [0.15, 0.2) is 0 Å². The van der Waals surface area contributed by atoms with E-state index in [1.807, 2.05) is 35.2 Å². The van der Waals surface area contributed by atoms with E-state index in [1.54, 1.807) is 7.11 Å². The third-order valence-electron chi connectivity index (χ3n) is 5.76. The van der Waals surface area contributed by atoms with E-state index < -0.39 is 0 Å².